The van der Waals surface area contributed by atoms with Crippen molar-refractivity contribution >= 4 is 49.2 Å². The van der Waals surface area contributed by atoms with Crippen molar-refractivity contribution in [1.29, 1.82) is 0 Å². The summed E-state index contributed by atoms with van der Waals surface area (Å²) in [5, 5.41) is 2.23. The van der Waals surface area contributed by atoms with E-state index in [4.69, 9.17) is 0 Å². The van der Waals surface area contributed by atoms with Gasteiger partial charge in [0.1, 0.15) is 16.2 Å². The molecule has 0 radical (unpaired) electrons. The summed E-state index contributed by atoms with van der Waals surface area (Å²) in [6.45, 7) is 2.16. The lowest BCUT2D eigenvalue weighted by Gasteiger charge is -2.07. The molecule has 0 unspecified atom stereocenters. The number of thioether (sulfide) groups is 1. The normalized spacial score (nSPS) is 11.1. The van der Waals surface area contributed by atoms with Gasteiger partial charge in [0.25, 0.3) is 0 Å². The quantitative estimate of drug-likeness (QED) is 0.267. The van der Waals surface area contributed by atoms with E-state index in [1.807, 2.05) is 12.1 Å². The van der Waals surface area contributed by atoms with Gasteiger partial charge in [-0.3, -0.25) is 0 Å². The van der Waals surface area contributed by atoms with Gasteiger partial charge in [-0.05, 0) is 30.2 Å². The van der Waals surface area contributed by atoms with Gasteiger partial charge in [0.15, 0.2) is 0 Å². The molecule has 2 heterocycles. The van der Waals surface area contributed by atoms with E-state index in [1.54, 1.807) is 29.4 Å². The molecule has 0 aliphatic carbocycles. The largest absolute Gasteiger partial charge is 0.229 e. The van der Waals surface area contributed by atoms with Crippen molar-refractivity contribution in [1.82, 2.24) is 9.97 Å². The molecule has 124 valence electrons. The molecule has 0 N–H and O–H groups in total. The Morgan fingerprint density at radius 2 is 1.88 bits per heavy atom. The zero-order valence-electron chi connectivity index (χ0n) is 13.6. The topological polar surface area (TPSA) is 25.8 Å². The fourth-order valence-corrected chi connectivity index (χ4v) is 5.33. The number of hydrogen-bond donors (Lipinski definition) is 0. The van der Waals surface area contributed by atoms with Crippen LogP contribution in [0.5, 0.6) is 0 Å². The molecular weight excluding hydrogens is 412 g/mol. The zero-order valence-corrected chi connectivity index (χ0v) is 16.8. The lowest BCUT2D eigenvalue weighted by Crippen LogP contribution is -1.88. The highest BCUT2D eigenvalue weighted by molar-refractivity contribution is 9.10. The molecule has 0 atom stereocenters. The molecule has 2 aromatic heterocycles. The first-order chi connectivity index (χ1) is 12.2. The third-order valence-electron chi connectivity index (χ3n) is 3.96. The second-order valence-electron chi connectivity index (χ2n) is 5.68. The maximum atomic E-state index is 4.59. The van der Waals surface area contributed by atoms with Crippen LogP contribution >= 0.6 is 39.0 Å². The minimum atomic E-state index is 0.884. The minimum Gasteiger partial charge on any atom is -0.229 e. The molecule has 25 heavy (non-hydrogen) atoms. The predicted molar refractivity (Wildman–Crippen MR) is 111 cm³/mol. The number of nitrogens with zero attached hydrogens (tertiary/aromatic N) is 2. The Labute approximate surface area is 163 Å². The van der Waals surface area contributed by atoms with Crippen LogP contribution in [0.3, 0.4) is 0 Å². The van der Waals surface area contributed by atoms with Gasteiger partial charge in [0.05, 0.1) is 5.39 Å². The second kappa shape index (κ2) is 7.28. The Bertz CT molecular complexity index is 1030. The summed E-state index contributed by atoms with van der Waals surface area (Å²) in [4.78, 5) is 11.4. The summed E-state index contributed by atoms with van der Waals surface area (Å²) in [6, 6.07) is 18.9. The van der Waals surface area contributed by atoms with Crippen molar-refractivity contribution in [3.05, 3.63) is 75.8 Å². The Kier molecular flexibility index (Phi) is 4.88. The van der Waals surface area contributed by atoms with Gasteiger partial charge >= 0.3 is 0 Å². The summed E-state index contributed by atoms with van der Waals surface area (Å²) in [5.74, 6) is 0.884. The summed E-state index contributed by atoms with van der Waals surface area (Å²) in [5.41, 5.74) is 3.77. The van der Waals surface area contributed by atoms with Gasteiger partial charge in [0.2, 0.25) is 0 Å². The summed E-state index contributed by atoms with van der Waals surface area (Å²) >= 11 is 7.05. The standard InChI is InChI=1S/C20H15BrN2S2/c1-13-17(15-7-3-2-4-8-15)18-19(22-12-23-20(18)25-13)24-11-14-6-5-9-16(21)10-14/h2-10,12H,11H2,1H3. The molecule has 0 aliphatic heterocycles. The number of hydrogen-bond acceptors (Lipinski definition) is 4. The first-order valence-corrected chi connectivity index (χ1v) is 10.5. The number of benzene rings is 2. The molecule has 0 aliphatic rings. The van der Waals surface area contributed by atoms with Crippen LogP contribution in [0.2, 0.25) is 0 Å². The third-order valence-corrected chi connectivity index (χ3v) is 6.52. The first-order valence-electron chi connectivity index (χ1n) is 7.89. The van der Waals surface area contributed by atoms with Crippen LogP contribution < -0.4 is 0 Å². The van der Waals surface area contributed by atoms with Crippen molar-refractivity contribution in [2.75, 3.05) is 0 Å². The number of fused-ring (bicyclic) bond motifs is 1. The molecule has 2 aromatic carbocycles. The van der Waals surface area contributed by atoms with Gasteiger partial charge in [-0.25, -0.2) is 9.97 Å². The molecule has 0 spiro atoms. The van der Waals surface area contributed by atoms with Crippen LogP contribution in [0, 0.1) is 6.92 Å². The van der Waals surface area contributed by atoms with Crippen LogP contribution in [0.1, 0.15) is 10.4 Å². The molecule has 0 fully saturated rings. The Morgan fingerprint density at radius 1 is 1.04 bits per heavy atom. The fourth-order valence-electron chi connectivity index (χ4n) is 2.86. The maximum Gasteiger partial charge on any atom is 0.128 e. The number of aryl methyl sites for hydroxylation is 1. The molecule has 0 amide bonds. The number of rotatable bonds is 4. The zero-order chi connectivity index (χ0) is 17.2. The van der Waals surface area contributed by atoms with Crippen LogP contribution in [0.15, 0.2) is 70.4 Å². The van der Waals surface area contributed by atoms with E-state index in [0.29, 0.717) is 0 Å². The van der Waals surface area contributed by atoms with E-state index < -0.39 is 0 Å². The first kappa shape index (κ1) is 16.8. The highest BCUT2D eigenvalue weighted by atomic mass is 79.9. The van der Waals surface area contributed by atoms with E-state index in [9.17, 15) is 0 Å². The molecule has 5 heteroatoms. The average molecular weight is 427 g/mol. The molecule has 0 saturated carbocycles. The van der Waals surface area contributed by atoms with Crippen LogP contribution in [0.25, 0.3) is 21.3 Å². The Hall–Kier alpha value is -1.69. The lowest BCUT2D eigenvalue weighted by atomic mass is 10.0. The second-order valence-corrected chi connectivity index (χ2v) is 8.76. The number of aromatic nitrogens is 2. The van der Waals surface area contributed by atoms with Crippen molar-refractivity contribution in [2.45, 2.75) is 17.7 Å². The maximum absolute atomic E-state index is 4.59. The Balaban J connectivity index is 1.77. The fraction of sp³-hybridized carbons (Fsp3) is 0.100. The molecule has 4 aromatic rings. The summed E-state index contributed by atoms with van der Waals surface area (Å²) < 4.78 is 1.11. The monoisotopic (exact) mass is 426 g/mol. The molecule has 0 saturated heterocycles. The molecular formula is C20H15BrN2S2. The average Bonchev–Trinajstić information content (AvgIpc) is 2.97. The van der Waals surface area contributed by atoms with Crippen LogP contribution in [-0.2, 0) is 5.75 Å². The van der Waals surface area contributed by atoms with E-state index >= 15 is 0 Å². The van der Waals surface area contributed by atoms with Crippen molar-refractivity contribution in [2.24, 2.45) is 0 Å². The van der Waals surface area contributed by atoms with Crippen molar-refractivity contribution in [3.8, 4) is 11.1 Å². The lowest BCUT2D eigenvalue weighted by molar-refractivity contribution is 1.11. The highest BCUT2D eigenvalue weighted by Gasteiger charge is 2.16. The third kappa shape index (κ3) is 3.50. The van der Waals surface area contributed by atoms with Crippen molar-refractivity contribution < 1.29 is 0 Å². The molecule has 0 bridgehead atoms. The van der Waals surface area contributed by atoms with Crippen molar-refractivity contribution in [3.63, 3.8) is 0 Å². The minimum absolute atomic E-state index is 0.884. The number of halogens is 1. The molecule has 4 rings (SSSR count). The van der Waals surface area contributed by atoms with Gasteiger partial charge in [0, 0.05) is 20.7 Å². The van der Waals surface area contributed by atoms with Gasteiger partial charge in [-0.1, -0.05) is 58.4 Å². The van der Waals surface area contributed by atoms with E-state index in [0.717, 1.165) is 20.1 Å². The van der Waals surface area contributed by atoms with E-state index in [2.05, 4.69) is 75.3 Å². The molecule has 2 nitrogen and oxygen atoms in total. The summed E-state index contributed by atoms with van der Waals surface area (Å²) in [6.07, 6.45) is 1.68. The SMILES string of the molecule is Cc1sc2ncnc(SCc3cccc(Br)c3)c2c1-c1ccccc1. The predicted octanol–water partition coefficient (Wildman–Crippen LogP) is 6.72. The van der Waals surface area contributed by atoms with E-state index in [1.165, 1.54) is 27.0 Å². The van der Waals surface area contributed by atoms with Crippen LogP contribution in [-0.4, -0.2) is 9.97 Å². The van der Waals surface area contributed by atoms with Gasteiger partial charge in [-0.15, -0.1) is 23.1 Å². The smallest absolute Gasteiger partial charge is 0.128 e. The van der Waals surface area contributed by atoms with Crippen LogP contribution in [0.4, 0.5) is 0 Å². The van der Waals surface area contributed by atoms with E-state index in [-0.39, 0.29) is 0 Å². The Morgan fingerprint density at radius 3 is 2.68 bits per heavy atom. The summed E-state index contributed by atoms with van der Waals surface area (Å²) in [7, 11) is 0. The number of thiophene rings is 1. The van der Waals surface area contributed by atoms with Gasteiger partial charge in [-0.2, -0.15) is 0 Å². The van der Waals surface area contributed by atoms with Gasteiger partial charge < -0.3 is 0 Å². The highest BCUT2D eigenvalue weighted by Crippen LogP contribution is 2.41.